The Morgan fingerprint density at radius 2 is 1.94 bits per heavy atom. The van der Waals surface area contributed by atoms with Crippen LogP contribution in [0.3, 0.4) is 0 Å². The Labute approximate surface area is 105 Å². The van der Waals surface area contributed by atoms with Crippen molar-refractivity contribution in [1.82, 2.24) is 4.90 Å². The van der Waals surface area contributed by atoms with Crippen molar-refractivity contribution in [3.8, 4) is 0 Å². The molecule has 0 fully saturated rings. The molecule has 0 aromatic heterocycles. The van der Waals surface area contributed by atoms with Gasteiger partial charge in [-0.1, -0.05) is 20.3 Å². The largest absolute Gasteiger partial charge is 0.442 e. The van der Waals surface area contributed by atoms with Crippen molar-refractivity contribution in [2.75, 3.05) is 12.3 Å². The van der Waals surface area contributed by atoms with E-state index in [1.807, 2.05) is 20.8 Å². The molecule has 0 aliphatic rings. The Hall–Kier alpha value is -0.390. The van der Waals surface area contributed by atoms with Gasteiger partial charge in [0.1, 0.15) is 0 Å². The highest BCUT2D eigenvalue weighted by atomic mass is 32.2. The van der Waals surface area contributed by atoms with Crippen LogP contribution in [0, 0.1) is 0 Å². The Balaban J connectivity index is 4.32. The third-order valence-electron chi connectivity index (χ3n) is 2.56. The number of alkyl halides is 3. The lowest BCUT2D eigenvalue weighted by Crippen LogP contribution is -2.40. The summed E-state index contributed by atoms with van der Waals surface area (Å²) in [5.41, 5.74) is -4.33. The van der Waals surface area contributed by atoms with E-state index in [9.17, 15) is 18.0 Å². The lowest BCUT2D eigenvalue weighted by atomic mass is 10.2. The lowest BCUT2D eigenvalue weighted by molar-refractivity contribution is -0.130. The first-order valence-electron chi connectivity index (χ1n) is 5.82. The predicted octanol–water partition coefficient (Wildman–Crippen LogP) is 3.67. The van der Waals surface area contributed by atoms with Crippen LogP contribution < -0.4 is 0 Å². The van der Waals surface area contributed by atoms with Crippen LogP contribution in [0.4, 0.5) is 13.2 Å². The molecule has 0 radical (unpaired) electrons. The summed E-state index contributed by atoms with van der Waals surface area (Å²) in [4.78, 5) is 13.3. The van der Waals surface area contributed by atoms with Crippen LogP contribution in [0.1, 0.15) is 40.0 Å². The molecule has 0 N–H and O–H groups in total. The van der Waals surface area contributed by atoms with Crippen LogP contribution in [-0.4, -0.2) is 34.7 Å². The van der Waals surface area contributed by atoms with E-state index in [2.05, 4.69) is 0 Å². The van der Waals surface area contributed by atoms with Gasteiger partial charge in [-0.15, -0.1) is 0 Å². The summed E-state index contributed by atoms with van der Waals surface area (Å²) in [5.74, 6) is -0.937. The van der Waals surface area contributed by atoms with Gasteiger partial charge >= 0.3 is 5.51 Å². The molecule has 0 saturated heterocycles. The smallest absolute Gasteiger partial charge is 0.339 e. The molecule has 0 rings (SSSR count). The average Bonchev–Trinajstić information content (AvgIpc) is 2.25. The molecule has 1 amide bonds. The molecular formula is C11H20F3NOS. The maximum atomic E-state index is 12.0. The molecule has 102 valence electrons. The molecule has 0 bridgehead atoms. The monoisotopic (exact) mass is 271 g/mol. The van der Waals surface area contributed by atoms with Crippen LogP contribution in [0.2, 0.25) is 0 Å². The van der Waals surface area contributed by atoms with Crippen LogP contribution in [0.25, 0.3) is 0 Å². The second-order valence-electron chi connectivity index (χ2n) is 3.93. The van der Waals surface area contributed by atoms with Crippen molar-refractivity contribution in [2.24, 2.45) is 0 Å². The highest BCUT2D eigenvalue weighted by molar-refractivity contribution is 8.00. The molecule has 6 heteroatoms. The fourth-order valence-corrected chi connectivity index (χ4v) is 1.82. The van der Waals surface area contributed by atoms with Crippen molar-refractivity contribution in [2.45, 2.75) is 51.6 Å². The minimum atomic E-state index is -4.33. The zero-order valence-electron chi connectivity index (χ0n) is 10.5. The van der Waals surface area contributed by atoms with E-state index in [1.165, 1.54) is 0 Å². The molecular weight excluding hydrogens is 251 g/mol. The predicted molar refractivity (Wildman–Crippen MR) is 64.9 cm³/mol. The van der Waals surface area contributed by atoms with E-state index in [4.69, 9.17) is 0 Å². The van der Waals surface area contributed by atoms with Gasteiger partial charge in [0.15, 0.2) is 0 Å². The number of thioether (sulfide) groups is 1. The SMILES string of the molecule is CCCCN(C(=O)CSC(F)(F)F)C(C)CC. The highest BCUT2D eigenvalue weighted by Gasteiger charge is 2.30. The summed E-state index contributed by atoms with van der Waals surface area (Å²) >= 11 is -0.260. The molecule has 1 unspecified atom stereocenters. The number of hydrogen-bond acceptors (Lipinski definition) is 2. The van der Waals surface area contributed by atoms with Gasteiger partial charge in [-0.3, -0.25) is 4.79 Å². The number of unbranched alkanes of at least 4 members (excludes halogenated alkanes) is 1. The van der Waals surface area contributed by atoms with E-state index < -0.39 is 17.2 Å². The van der Waals surface area contributed by atoms with Gasteiger partial charge in [0.2, 0.25) is 5.91 Å². The van der Waals surface area contributed by atoms with E-state index in [0.29, 0.717) is 6.54 Å². The second kappa shape index (κ2) is 7.84. The first kappa shape index (κ1) is 16.6. The van der Waals surface area contributed by atoms with Gasteiger partial charge in [-0.2, -0.15) is 13.2 Å². The van der Waals surface area contributed by atoms with Crippen LogP contribution in [-0.2, 0) is 4.79 Å². The van der Waals surface area contributed by atoms with E-state index in [0.717, 1.165) is 19.3 Å². The number of nitrogens with zero attached hydrogens (tertiary/aromatic N) is 1. The fraction of sp³-hybridized carbons (Fsp3) is 0.909. The topological polar surface area (TPSA) is 20.3 Å². The van der Waals surface area contributed by atoms with Gasteiger partial charge < -0.3 is 4.90 Å². The van der Waals surface area contributed by atoms with Crippen LogP contribution in [0.5, 0.6) is 0 Å². The number of amides is 1. The molecule has 0 aliphatic carbocycles. The molecule has 2 nitrogen and oxygen atoms in total. The normalized spacial score (nSPS) is 13.5. The Morgan fingerprint density at radius 3 is 2.35 bits per heavy atom. The van der Waals surface area contributed by atoms with E-state index >= 15 is 0 Å². The van der Waals surface area contributed by atoms with Gasteiger partial charge in [-0.25, -0.2) is 0 Å². The second-order valence-corrected chi connectivity index (χ2v) is 4.97. The zero-order valence-corrected chi connectivity index (χ0v) is 11.3. The number of hydrogen-bond donors (Lipinski definition) is 0. The molecule has 0 aromatic carbocycles. The molecule has 0 heterocycles. The quantitative estimate of drug-likeness (QED) is 0.704. The first-order chi connectivity index (χ1) is 7.81. The van der Waals surface area contributed by atoms with Gasteiger partial charge in [0, 0.05) is 12.6 Å². The van der Waals surface area contributed by atoms with Crippen LogP contribution >= 0.6 is 11.8 Å². The summed E-state index contributed by atoms with van der Waals surface area (Å²) in [6, 6.07) is 0.00267. The summed E-state index contributed by atoms with van der Waals surface area (Å²) in [5, 5.41) is 0. The van der Waals surface area contributed by atoms with Gasteiger partial charge in [0.25, 0.3) is 0 Å². The third kappa shape index (κ3) is 7.52. The number of carbonyl (C=O) groups excluding carboxylic acids is 1. The summed E-state index contributed by atoms with van der Waals surface area (Å²) in [7, 11) is 0. The maximum absolute atomic E-state index is 12.0. The zero-order chi connectivity index (χ0) is 13.5. The maximum Gasteiger partial charge on any atom is 0.442 e. The van der Waals surface area contributed by atoms with Crippen molar-refractivity contribution in [3.63, 3.8) is 0 Å². The summed E-state index contributed by atoms with van der Waals surface area (Å²) in [6.45, 7) is 6.33. The molecule has 1 atom stereocenters. The average molecular weight is 271 g/mol. The highest BCUT2D eigenvalue weighted by Crippen LogP contribution is 2.30. The molecule has 0 spiro atoms. The lowest BCUT2D eigenvalue weighted by Gasteiger charge is -2.28. The minimum absolute atomic E-state index is 0.00267. The number of carbonyl (C=O) groups is 1. The third-order valence-corrected chi connectivity index (χ3v) is 3.27. The number of rotatable bonds is 7. The Morgan fingerprint density at radius 1 is 1.35 bits per heavy atom. The fourth-order valence-electron chi connectivity index (χ4n) is 1.37. The van der Waals surface area contributed by atoms with Crippen LogP contribution in [0.15, 0.2) is 0 Å². The Bertz CT molecular complexity index is 233. The molecule has 17 heavy (non-hydrogen) atoms. The molecule has 0 saturated carbocycles. The summed E-state index contributed by atoms with van der Waals surface area (Å²) < 4.78 is 36.0. The minimum Gasteiger partial charge on any atom is -0.339 e. The first-order valence-corrected chi connectivity index (χ1v) is 6.80. The summed E-state index contributed by atoms with van der Waals surface area (Å²) in [6.07, 6.45) is 2.51. The van der Waals surface area contributed by atoms with E-state index in [-0.39, 0.29) is 17.8 Å². The van der Waals surface area contributed by atoms with Crippen molar-refractivity contribution in [1.29, 1.82) is 0 Å². The van der Waals surface area contributed by atoms with Crippen molar-refractivity contribution < 1.29 is 18.0 Å². The van der Waals surface area contributed by atoms with Crippen molar-refractivity contribution >= 4 is 17.7 Å². The van der Waals surface area contributed by atoms with Gasteiger partial charge in [0.05, 0.1) is 5.75 Å². The molecule has 0 aromatic rings. The number of halogens is 3. The molecule has 0 aliphatic heterocycles. The van der Waals surface area contributed by atoms with Gasteiger partial charge in [-0.05, 0) is 31.5 Å². The van der Waals surface area contributed by atoms with E-state index in [1.54, 1.807) is 4.90 Å². The standard InChI is InChI=1S/C11H20F3NOS/c1-4-6-7-15(9(3)5-2)10(16)8-17-11(12,13)14/h9H,4-8H2,1-3H3. The van der Waals surface area contributed by atoms with Crippen molar-refractivity contribution in [3.05, 3.63) is 0 Å². The Kier molecular flexibility index (Phi) is 7.66.